The van der Waals surface area contributed by atoms with Gasteiger partial charge >= 0.3 is 0 Å². The lowest BCUT2D eigenvalue weighted by atomic mass is 10.1. The lowest BCUT2D eigenvalue weighted by Gasteiger charge is -2.19. The molecular formula is C14H14Br2ClNS. The van der Waals surface area contributed by atoms with Gasteiger partial charge in [0.05, 0.1) is 10.4 Å². The Kier molecular flexibility index (Phi) is 5.90. The minimum Gasteiger partial charge on any atom is -0.306 e. The van der Waals surface area contributed by atoms with Crippen LogP contribution in [0.25, 0.3) is 0 Å². The highest BCUT2D eigenvalue weighted by Crippen LogP contribution is 2.35. The van der Waals surface area contributed by atoms with Crippen molar-refractivity contribution in [2.45, 2.75) is 19.4 Å². The molecule has 1 nitrogen and oxygen atoms in total. The van der Waals surface area contributed by atoms with Crippen molar-refractivity contribution in [3.8, 4) is 0 Å². The van der Waals surface area contributed by atoms with E-state index in [0.717, 1.165) is 26.2 Å². The van der Waals surface area contributed by atoms with Gasteiger partial charge in [-0.3, -0.25) is 0 Å². The maximum absolute atomic E-state index is 6.06. The first-order valence-corrected chi connectivity index (χ1v) is 8.83. The lowest BCUT2D eigenvalue weighted by molar-refractivity contribution is 0.604. The summed E-state index contributed by atoms with van der Waals surface area (Å²) >= 11 is 14.8. The van der Waals surface area contributed by atoms with Crippen LogP contribution in [0.1, 0.15) is 29.8 Å². The van der Waals surface area contributed by atoms with Crippen LogP contribution in [0.4, 0.5) is 0 Å². The van der Waals surface area contributed by atoms with Crippen molar-refractivity contribution >= 4 is 54.8 Å². The molecule has 5 heteroatoms. The van der Waals surface area contributed by atoms with Crippen LogP contribution in [0.15, 0.2) is 39.3 Å². The Morgan fingerprint density at radius 1 is 1.26 bits per heavy atom. The van der Waals surface area contributed by atoms with E-state index < -0.39 is 0 Å². The van der Waals surface area contributed by atoms with Crippen LogP contribution in [0.3, 0.4) is 0 Å². The molecule has 1 N–H and O–H groups in total. The summed E-state index contributed by atoms with van der Waals surface area (Å²) in [5.41, 5.74) is 1.23. The molecule has 0 spiro atoms. The molecule has 0 fully saturated rings. The zero-order valence-electron chi connectivity index (χ0n) is 10.4. The molecule has 1 heterocycles. The van der Waals surface area contributed by atoms with Crippen molar-refractivity contribution in [3.63, 3.8) is 0 Å². The third-order valence-corrected chi connectivity index (χ3v) is 5.23. The molecule has 0 amide bonds. The Hall–Kier alpha value is 0.130. The number of halogens is 3. The molecule has 1 unspecified atom stereocenters. The Bertz CT molecular complexity index is 556. The molecule has 1 aromatic carbocycles. The van der Waals surface area contributed by atoms with E-state index in [1.54, 1.807) is 11.3 Å². The minimum atomic E-state index is 0.180. The third kappa shape index (κ3) is 4.05. The Labute approximate surface area is 139 Å². The highest BCUT2D eigenvalue weighted by molar-refractivity contribution is 9.11. The smallest absolute Gasteiger partial charge is 0.0931 e. The summed E-state index contributed by atoms with van der Waals surface area (Å²) in [5, 5.41) is 3.58. The second kappa shape index (κ2) is 7.23. The predicted molar refractivity (Wildman–Crippen MR) is 91.3 cm³/mol. The van der Waals surface area contributed by atoms with Gasteiger partial charge in [0.1, 0.15) is 0 Å². The fourth-order valence-corrected chi connectivity index (χ4v) is 4.30. The van der Waals surface area contributed by atoms with Gasteiger partial charge in [0.2, 0.25) is 0 Å². The number of nitrogens with one attached hydrogen (secondary N) is 1. The van der Waals surface area contributed by atoms with Gasteiger partial charge in [-0.2, -0.15) is 0 Å². The molecule has 1 aromatic heterocycles. The first-order chi connectivity index (χ1) is 9.11. The van der Waals surface area contributed by atoms with Crippen LogP contribution in [0.5, 0.6) is 0 Å². The average molecular weight is 424 g/mol. The van der Waals surface area contributed by atoms with E-state index in [0.29, 0.717) is 0 Å². The summed E-state index contributed by atoms with van der Waals surface area (Å²) in [4.78, 5) is 1.24. The first-order valence-electron chi connectivity index (χ1n) is 6.05. The van der Waals surface area contributed by atoms with E-state index in [1.165, 1.54) is 10.4 Å². The monoisotopic (exact) mass is 421 g/mol. The van der Waals surface area contributed by atoms with E-state index in [-0.39, 0.29) is 6.04 Å². The van der Waals surface area contributed by atoms with Crippen molar-refractivity contribution in [1.29, 1.82) is 0 Å². The van der Waals surface area contributed by atoms with Crippen molar-refractivity contribution in [1.82, 2.24) is 5.32 Å². The van der Waals surface area contributed by atoms with Gasteiger partial charge in [0.25, 0.3) is 0 Å². The second-order valence-electron chi connectivity index (χ2n) is 4.19. The average Bonchev–Trinajstić information content (AvgIpc) is 2.78. The van der Waals surface area contributed by atoms with Gasteiger partial charge in [-0.15, -0.1) is 11.3 Å². The highest BCUT2D eigenvalue weighted by Gasteiger charge is 2.18. The molecular weight excluding hydrogens is 409 g/mol. The Morgan fingerprint density at radius 2 is 2.05 bits per heavy atom. The normalized spacial score (nSPS) is 12.6. The molecule has 2 aromatic rings. The number of rotatable bonds is 5. The summed E-state index contributed by atoms with van der Waals surface area (Å²) in [6.45, 7) is 3.14. The van der Waals surface area contributed by atoms with Gasteiger partial charge < -0.3 is 5.32 Å². The maximum Gasteiger partial charge on any atom is 0.0931 e. The summed E-state index contributed by atoms with van der Waals surface area (Å²) in [6.07, 6.45) is 1.10. The number of benzene rings is 1. The fraction of sp³-hybridized carbons (Fsp3) is 0.286. The van der Waals surface area contributed by atoms with E-state index >= 15 is 0 Å². The molecule has 0 aliphatic rings. The van der Waals surface area contributed by atoms with Crippen molar-refractivity contribution in [2.75, 3.05) is 6.54 Å². The van der Waals surface area contributed by atoms with E-state index in [4.69, 9.17) is 11.6 Å². The van der Waals surface area contributed by atoms with Gasteiger partial charge in [0, 0.05) is 13.8 Å². The van der Waals surface area contributed by atoms with Crippen molar-refractivity contribution in [3.05, 3.63) is 54.1 Å². The summed E-state index contributed by atoms with van der Waals surface area (Å²) < 4.78 is 2.99. The maximum atomic E-state index is 6.06. The quantitative estimate of drug-likeness (QED) is 0.620. The molecule has 0 aliphatic carbocycles. The molecule has 1 atom stereocenters. The van der Waals surface area contributed by atoms with E-state index in [1.807, 2.05) is 6.07 Å². The van der Waals surface area contributed by atoms with Crippen molar-refractivity contribution < 1.29 is 0 Å². The number of thiophene rings is 1. The minimum absolute atomic E-state index is 0.180. The first kappa shape index (κ1) is 15.5. The van der Waals surface area contributed by atoms with Crippen LogP contribution in [0, 0.1) is 0 Å². The van der Waals surface area contributed by atoms with E-state index in [9.17, 15) is 0 Å². The molecule has 19 heavy (non-hydrogen) atoms. The van der Waals surface area contributed by atoms with Crippen molar-refractivity contribution in [2.24, 2.45) is 0 Å². The van der Waals surface area contributed by atoms with Crippen LogP contribution in [-0.2, 0) is 0 Å². The summed E-state index contributed by atoms with van der Waals surface area (Å²) in [5.74, 6) is 0. The molecule has 2 rings (SSSR count). The molecule has 0 radical (unpaired) electrons. The van der Waals surface area contributed by atoms with Crippen LogP contribution in [-0.4, -0.2) is 6.54 Å². The van der Waals surface area contributed by atoms with Crippen LogP contribution in [0.2, 0.25) is 4.34 Å². The SMILES string of the molecule is CCCNC(c1ccc(Cl)s1)c1ccc(Br)cc1Br. The van der Waals surface area contributed by atoms with Crippen LogP contribution < -0.4 is 5.32 Å². The highest BCUT2D eigenvalue weighted by atomic mass is 79.9. The zero-order chi connectivity index (χ0) is 13.8. The fourth-order valence-electron chi connectivity index (χ4n) is 1.87. The lowest BCUT2D eigenvalue weighted by Crippen LogP contribution is -2.22. The zero-order valence-corrected chi connectivity index (χ0v) is 15.2. The number of hydrogen-bond donors (Lipinski definition) is 1. The Morgan fingerprint density at radius 3 is 2.63 bits per heavy atom. The Balaban J connectivity index is 2.36. The topological polar surface area (TPSA) is 12.0 Å². The summed E-state index contributed by atoms with van der Waals surface area (Å²) in [6, 6.07) is 10.5. The standard InChI is InChI=1S/C14H14Br2ClNS/c1-2-7-18-14(12-5-6-13(17)19-12)10-4-3-9(15)8-11(10)16/h3-6,8,14,18H,2,7H2,1H3. The number of hydrogen-bond acceptors (Lipinski definition) is 2. The second-order valence-corrected chi connectivity index (χ2v) is 7.71. The largest absolute Gasteiger partial charge is 0.306 e. The van der Waals surface area contributed by atoms with E-state index in [2.05, 4.69) is 68.4 Å². The molecule has 102 valence electrons. The van der Waals surface area contributed by atoms with Gasteiger partial charge in [-0.25, -0.2) is 0 Å². The van der Waals surface area contributed by atoms with Crippen LogP contribution >= 0.6 is 54.8 Å². The third-order valence-electron chi connectivity index (χ3n) is 2.75. The van der Waals surface area contributed by atoms with Gasteiger partial charge in [-0.1, -0.05) is 56.5 Å². The van der Waals surface area contributed by atoms with Gasteiger partial charge in [0.15, 0.2) is 0 Å². The molecule has 0 saturated carbocycles. The summed E-state index contributed by atoms with van der Waals surface area (Å²) in [7, 11) is 0. The molecule has 0 aliphatic heterocycles. The molecule has 0 bridgehead atoms. The molecule has 0 saturated heterocycles. The predicted octanol–water partition coefficient (Wildman–Crippen LogP) is 6.02. The van der Waals surface area contributed by atoms with Gasteiger partial charge in [-0.05, 0) is 42.8 Å².